The van der Waals surface area contributed by atoms with Crippen LogP contribution in [0.2, 0.25) is 0 Å². The predicted octanol–water partition coefficient (Wildman–Crippen LogP) is 1.96. The number of benzene rings is 2. The molecule has 6 rings (SSSR count). The second kappa shape index (κ2) is 8.09. The number of nitrogens with zero attached hydrogens (tertiary/aromatic N) is 3. The molecule has 178 valence electrons. The third-order valence-corrected chi connectivity index (χ3v) is 7.22. The number of fused-ring (bicyclic) bond motifs is 2. The Hall–Kier alpha value is -3.46. The molecule has 4 heterocycles. The number of hydrogen-bond donors (Lipinski definition) is 0. The first-order valence-corrected chi connectivity index (χ1v) is 11.7. The molecule has 0 bridgehead atoms. The van der Waals surface area contributed by atoms with Crippen LogP contribution in [0.25, 0.3) is 0 Å². The number of esters is 2. The van der Waals surface area contributed by atoms with Gasteiger partial charge in [0.2, 0.25) is 0 Å². The Morgan fingerprint density at radius 2 is 1.59 bits per heavy atom. The zero-order valence-electron chi connectivity index (χ0n) is 19.1. The van der Waals surface area contributed by atoms with Crippen molar-refractivity contribution in [1.29, 1.82) is 0 Å². The molecule has 4 aliphatic heterocycles. The molecule has 0 aromatic heterocycles. The fraction of sp³-hybridized carbons (Fsp3) is 0.440. The van der Waals surface area contributed by atoms with Crippen molar-refractivity contribution in [2.75, 3.05) is 62.8 Å². The van der Waals surface area contributed by atoms with Crippen LogP contribution in [0.15, 0.2) is 42.5 Å². The standard InChI is InChI=1S/C25H27N3O6/c1-26-19-6-3-2-5-17(19)18(25(26)33-23(29)24(30)34-25)9-10-27-11-13-28(14-12-27)20-7-4-8-21-22(20)32-16-15-31-21/h2-8,18H,9-16H2,1H3. The summed E-state index contributed by atoms with van der Waals surface area (Å²) >= 11 is 0. The number of carbonyl (C=O) groups is 2. The summed E-state index contributed by atoms with van der Waals surface area (Å²) in [6, 6.07) is 13.9. The molecule has 0 radical (unpaired) electrons. The summed E-state index contributed by atoms with van der Waals surface area (Å²) in [5.41, 5.74) is 3.02. The summed E-state index contributed by atoms with van der Waals surface area (Å²) < 4.78 is 22.7. The maximum atomic E-state index is 12.0. The first-order chi connectivity index (χ1) is 16.6. The van der Waals surface area contributed by atoms with E-state index in [-0.39, 0.29) is 5.92 Å². The summed E-state index contributed by atoms with van der Waals surface area (Å²) in [6.45, 7) is 5.47. The Labute approximate surface area is 197 Å². The molecule has 1 unspecified atom stereocenters. The molecular formula is C25H27N3O6. The SMILES string of the molecule is CN1c2ccccc2C(CCN2CCN(c3cccc4c3OCCO4)CC2)C12OC(=O)C(=O)O2. The van der Waals surface area contributed by atoms with Crippen LogP contribution in [0.3, 0.4) is 0 Å². The highest BCUT2D eigenvalue weighted by atomic mass is 16.8. The Kier molecular flexibility index (Phi) is 5.02. The minimum Gasteiger partial charge on any atom is -0.486 e. The smallest absolute Gasteiger partial charge is 0.422 e. The quantitative estimate of drug-likeness (QED) is 0.497. The van der Waals surface area contributed by atoms with Gasteiger partial charge in [0, 0.05) is 38.9 Å². The molecule has 2 aromatic carbocycles. The first kappa shape index (κ1) is 21.1. The Morgan fingerprint density at radius 1 is 0.882 bits per heavy atom. The average Bonchev–Trinajstić information content (AvgIpc) is 3.29. The van der Waals surface area contributed by atoms with Crippen molar-refractivity contribution in [1.82, 2.24) is 4.90 Å². The number of likely N-dealkylation sites (N-methyl/N-ethyl adjacent to an activating group) is 1. The molecule has 0 amide bonds. The van der Waals surface area contributed by atoms with E-state index in [0.29, 0.717) is 19.6 Å². The third kappa shape index (κ3) is 3.26. The van der Waals surface area contributed by atoms with E-state index in [1.54, 1.807) is 11.9 Å². The summed E-state index contributed by atoms with van der Waals surface area (Å²) in [5, 5.41) is 0. The lowest BCUT2D eigenvalue weighted by atomic mass is 9.94. The van der Waals surface area contributed by atoms with Gasteiger partial charge in [-0.2, -0.15) is 0 Å². The molecule has 34 heavy (non-hydrogen) atoms. The van der Waals surface area contributed by atoms with E-state index in [1.165, 1.54) is 0 Å². The molecular weight excluding hydrogens is 438 g/mol. The summed E-state index contributed by atoms with van der Waals surface area (Å²) in [5.74, 6) is -1.89. The molecule has 1 atom stereocenters. The van der Waals surface area contributed by atoms with Gasteiger partial charge in [-0.05, 0) is 36.7 Å². The van der Waals surface area contributed by atoms with Crippen LogP contribution in [0.1, 0.15) is 17.9 Å². The highest BCUT2D eigenvalue weighted by molar-refractivity contribution is 6.31. The maximum Gasteiger partial charge on any atom is 0.422 e. The number of anilines is 2. The van der Waals surface area contributed by atoms with Crippen molar-refractivity contribution in [3.05, 3.63) is 48.0 Å². The van der Waals surface area contributed by atoms with Crippen LogP contribution >= 0.6 is 0 Å². The van der Waals surface area contributed by atoms with Crippen LogP contribution in [-0.4, -0.2) is 75.7 Å². The lowest BCUT2D eigenvalue weighted by Gasteiger charge is -2.38. The van der Waals surface area contributed by atoms with Crippen molar-refractivity contribution in [3.8, 4) is 11.5 Å². The normalized spacial score (nSPS) is 23.1. The first-order valence-electron chi connectivity index (χ1n) is 11.7. The Morgan fingerprint density at radius 3 is 2.38 bits per heavy atom. The minimum absolute atomic E-state index is 0.256. The molecule has 9 nitrogen and oxygen atoms in total. The van der Waals surface area contributed by atoms with Crippen LogP contribution in [0.5, 0.6) is 11.5 Å². The maximum absolute atomic E-state index is 12.0. The summed E-state index contributed by atoms with van der Waals surface area (Å²) in [4.78, 5) is 30.5. The summed E-state index contributed by atoms with van der Waals surface area (Å²) in [7, 11) is 1.80. The number of hydrogen-bond acceptors (Lipinski definition) is 9. The number of piperazine rings is 1. The van der Waals surface area contributed by atoms with Gasteiger partial charge in [-0.25, -0.2) is 9.59 Å². The van der Waals surface area contributed by atoms with E-state index in [1.807, 2.05) is 36.4 Å². The lowest BCUT2D eigenvalue weighted by molar-refractivity contribution is -0.184. The van der Waals surface area contributed by atoms with E-state index >= 15 is 0 Å². The van der Waals surface area contributed by atoms with Gasteiger partial charge >= 0.3 is 17.8 Å². The van der Waals surface area contributed by atoms with Crippen molar-refractivity contribution >= 4 is 23.3 Å². The molecule has 0 saturated carbocycles. The fourth-order valence-electron chi connectivity index (χ4n) is 5.50. The molecule has 2 saturated heterocycles. The van der Waals surface area contributed by atoms with Gasteiger partial charge in [-0.3, -0.25) is 4.90 Å². The number of ether oxygens (including phenoxy) is 4. The van der Waals surface area contributed by atoms with Gasteiger partial charge in [-0.15, -0.1) is 0 Å². The van der Waals surface area contributed by atoms with Gasteiger partial charge < -0.3 is 28.7 Å². The third-order valence-electron chi connectivity index (χ3n) is 7.22. The van der Waals surface area contributed by atoms with Crippen LogP contribution < -0.4 is 19.3 Å². The van der Waals surface area contributed by atoms with Gasteiger partial charge in [0.1, 0.15) is 13.2 Å². The topological polar surface area (TPSA) is 80.8 Å². The van der Waals surface area contributed by atoms with E-state index in [0.717, 1.165) is 61.2 Å². The van der Waals surface area contributed by atoms with Crippen molar-refractivity contribution in [3.63, 3.8) is 0 Å². The van der Waals surface area contributed by atoms with Gasteiger partial charge in [0.15, 0.2) is 11.5 Å². The second-order valence-electron chi connectivity index (χ2n) is 9.00. The fourth-order valence-corrected chi connectivity index (χ4v) is 5.50. The van der Waals surface area contributed by atoms with Crippen LogP contribution in [-0.2, 0) is 19.1 Å². The van der Waals surface area contributed by atoms with E-state index in [4.69, 9.17) is 18.9 Å². The Balaban J connectivity index is 1.15. The molecule has 0 aliphatic carbocycles. The largest absolute Gasteiger partial charge is 0.486 e. The van der Waals surface area contributed by atoms with E-state index < -0.39 is 17.8 Å². The lowest BCUT2D eigenvalue weighted by Crippen LogP contribution is -2.50. The van der Waals surface area contributed by atoms with Gasteiger partial charge in [-0.1, -0.05) is 24.3 Å². The predicted molar refractivity (Wildman–Crippen MR) is 123 cm³/mol. The van der Waals surface area contributed by atoms with Crippen LogP contribution in [0.4, 0.5) is 11.4 Å². The highest BCUT2D eigenvalue weighted by Gasteiger charge is 2.62. The molecule has 4 aliphatic rings. The van der Waals surface area contributed by atoms with Crippen LogP contribution in [0, 0.1) is 0 Å². The second-order valence-corrected chi connectivity index (χ2v) is 9.00. The number of carbonyl (C=O) groups excluding carboxylic acids is 2. The number of para-hydroxylation sites is 2. The van der Waals surface area contributed by atoms with Crippen molar-refractivity contribution < 1.29 is 28.5 Å². The van der Waals surface area contributed by atoms with Gasteiger partial charge in [0.25, 0.3) is 0 Å². The van der Waals surface area contributed by atoms with Gasteiger partial charge in [0.05, 0.1) is 11.6 Å². The molecule has 1 spiro atoms. The van der Waals surface area contributed by atoms with E-state index in [2.05, 4.69) is 15.9 Å². The molecule has 2 fully saturated rings. The average molecular weight is 466 g/mol. The minimum atomic E-state index is -1.40. The Bertz CT molecular complexity index is 1110. The molecule has 9 heteroatoms. The van der Waals surface area contributed by atoms with Crippen molar-refractivity contribution in [2.45, 2.75) is 18.2 Å². The monoisotopic (exact) mass is 465 g/mol. The molecule has 0 N–H and O–H groups in total. The zero-order chi connectivity index (χ0) is 23.3. The van der Waals surface area contributed by atoms with E-state index in [9.17, 15) is 9.59 Å². The zero-order valence-corrected chi connectivity index (χ0v) is 19.1. The summed E-state index contributed by atoms with van der Waals surface area (Å²) in [6.07, 6.45) is 0.694. The highest BCUT2D eigenvalue weighted by Crippen LogP contribution is 2.51. The molecule has 2 aromatic rings. The van der Waals surface area contributed by atoms with Crippen molar-refractivity contribution in [2.24, 2.45) is 0 Å². The number of rotatable bonds is 4.